The van der Waals surface area contributed by atoms with E-state index in [1.807, 2.05) is 25.7 Å². The van der Waals surface area contributed by atoms with Crippen molar-refractivity contribution in [3.05, 3.63) is 29.3 Å². The van der Waals surface area contributed by atoms with E-state index in [2.05, 4.69) is 30.4 Å². The molecular formula is C19H28N2O2. The number of benzene rings is 1. The molecule has 1 fully saturated rings. The highest BCUT2D eigenvalue weighted by molar-refractivity contribution is 5.91. The molecule has 1 aromatic carbocycles. The van der Waals surface area contributed by atoms with E-state index in [-0.39, 0.29) is 11.5 Å². The lowest BCUT2D eigenvalue weighted by molar-refractivity contribution is 0.0575. The van der Waals surface area contributed by atoms with Crippen LogP contribution < -0.4 is 10.2 Å². The number of anilines is 1. The van der Waals surface area contributed by atoms with E-state index in [0.29, 0.717) is 0 Å². The fourth-order valence-corrected chi connectivity index (χ4v) is 3.75. The molecule has 1 amide bonds. The molecule has 126 valence electrons. The lowest BCUT2D eigenvalue weighted by Crippen LogP contribution is -2.45. The van der Waals surface area contributed by atoms with E-state index in [4.69, 9.17) is 4.74 Å². The molecule has 0 bridgehead atoms. The molecule has 0 unspecified atom stereocenters. The number of carbonyl (C=O) groups excluding carboxylic acids is 1. The second-order valence-corrected chi connectivity index (χ2v) is 7.80. The quantitative estimate of drug-likeness (QED) is 0.860. The molecule has 23 heavy (non-hydrogen) atoms. The topological polar surface area (TPSA) is 41.6 Å². The Labute approximate surface area is 139 Å². The molecule has 1 N–H and O–H groups in total. The number of rotatable bonds is 1. The number of nitrogens with one attached hydrogen (secondary N) is 1. The highest BCUT2D eigenvalue weighted by Gasteiger charge is 2.46. The maximum atomic E-state index is 12.7. The van der Waals surface area contributed by atoms with Crippen molar-refractivity contribution in [3.63, 3.8) is 0 Å². The van der Waals surface area contributed by atoms with Gasteiger partial charge in [-0.1, -0.05) is 19.1 Å². The molecule has 1 aromatic rings. The maximum absolute atomic E-state index is 12.7. The second kappa shape index (κ2) is 5.82. The Morgan fingerprint density at radius 2 is 2.00 bits per heavy atom. The normalized spacial score (nSPS) is 19.7. The van der Waals surface area contributed by atoms with Gasteiger partial charge in [0, 0.05) is 12.0 Å². The molecule has 4 heteroatoms. The Bertz CT molecular complexity index is 598. The first-order chi connectivity index (χ1) is 10.8. The first kappa shape index (κ1) is 16.3. The van der Waals surface area contributed by atoms with Crippen molar-refractivity contribution in [2.75, 3.05) is 24.5 Å². The third-order valence-electron chi connectivity index (χ3n) is 4.97. The first-order valence-electron chi connectivity index (χ1n) is 8.69. The molecule has 2 heterocycles. The Morgan fingerprint density at radius 3 is 2.61 bits per heavy atom. The van der Waals surface area contributed by atoms with Crippen molar-refractivity contribution >= 4 is 11.8 Å². The summed E-state index contributed by atoms with van der Waals surface area (Å²) < 4.78 is 5.64. The van der Waals surface area contributed by atoms with Gasteiger partial charge in [-0.3, -0.25) is 4.90 Å². The molecular weight excluding hydrogens is 288 g/mol. The molecule has 2 aliphatic heterocycles. The molecule has 2 aliphatic rings. The number of carbonyl (C=O) groups is 1. The van der Waals surface area contributed by atoms with Crippen LogP contribution in [0.5, 0.6) is 0 Å². The van der Waals surface area contributed by atoms with E-state index in [1.54, 1.807) is 0 Å². The number of hydrogen-bond donors (Lipinski definition) is 1. The van der Waals surface area contributed by atoms with Crippen molar-refractivity contribution in [1.82, 2.24) is 5.32 Å². The van der Waals surface area contributed by atoms with E-state index < -0.39 is 5.60 Å². The summed E-state index contributed by atoms with van der Waals surface area (Å²) in [5, 5.41) is 3.44. The van der Waals surface area contributed by atoms with Crippen LogP contribution in [0.15, 0.2) is 18.2 Å². The molecule has 1 spiro atoms. The minimum Gasteiger partial charge on any atom is -0.443 e. The van der Waals surface area contributed by atoms with Crippen LogP contribution >= 0.6 is 0 Å². The molecule has 4 nitrogen and oxygen atoms in total. The average Bonchev–Trinajstić information content (AvgIpc) is 2.80. The fourth-order valence-electron chi connectivity index (χ4n) is 3.75. The van der Waals surface area contributed by atoms with Crippen molar-refractivity contribution in [3.8, 4) is 0 Å². The van der Waals surface area contributed by atoms with Gasteiger partial charge in [0.05, 0.1) is 5.69 Å². The number of fused-ring (bicyclic) bond motifs is 2. The summed E-state index contributed by atoms with van der Waals surface area (Å²) in [6.45, 7) is 10.7. The van der Waals surface area contributed by atoms with Gasteiger partial charge in [0.1, 0.15) is 5.60 Å². The van der Waals surface area contributed by atoms with Gasteiger partial charge >= 0.3 is 6.09 Å². The molecule has 0 radical (unpaired) electrons. The SMILES string of the molecule is CCc1ccc2c(c1)C1(CCNCC1)CN2C(=O)OC(C)(C)C. The number of nitrogens with zero attached hydrogens (tertiary/aromatic N) is 1. The number of piperidine rings is 1. The molecule has 3 rings (SSSR count). The summed E-state index contributed by atoms with van der Waals surface area (Å²) in [6.07, 6.45) is 2.95. The second-order valence-electron chi connectivity index (χ2n) is 7.80. The number of hydrogen-bond acceptors (Lipinski definition) is 3. The van der Waals surface area contributed by atoms with E-state index >= 15 is 0 Å². The Kier molecular flexibility index (Phi) is 4.13. The predicted octanol–water partition coefficient (Wildman–Crippen LogP) is 3.63. The van der Waals surface area contributed by atoms with Crippen LogP contribution in [0.2, 0.25) is 0 Å². The Hall–Kier alpha value is -1.55. The summed E-state index contributed by atoms with van der Waals surface area (Å²) >= 11 is 0. The molecule has 1 saturated heterocycles. The molecule has 0 aromatic heterocycles. The largest absolute Gasteiger partial charge is 0.443 e. The smallest absolute Gasteiger partial charge is 0.414 e. The molecule has 0 atom stereocenters. The minimum atomic E-state index is -0.468. The Balaban J connectivity index is 1.98. The molecule has 0 saturated carbocycles. The average molecular weight is 316 g/mol. The third-order valence-corrected chi connectivity index (χ3v) is 4.97. The summed E-state index contributed by atoms with van der Waals surface area (Å²) in [4.78, 5) is 14.5. The van der Waals surface area contributed by atoms with Crippen LogP contribution in [-0.2, 0) is 16.6 Å². The van der Waals surface area contributed by atoms with Crippen LogP contribution in [-0.4, -0.2) is 31.3 Å². The standard InChI is InChI=1S/C19H28N2O2/c1-5-14-6-7-16-15(12-14)19(8-10-20-11-9-19)13-21(16)17(22)23-18(2,3)4/h6-7,12,20H,5,8-11,13H2,1-4H3. The van der Waals surface area contributed by atoms with E-state index in [9.17, 15) is 4.79 Å². The monoisotopic (exact) mass is 316 g/mol. The van der Waals surface area contributed by atoms with Crippen molar-refractivity contribution < 1.29 is 9.53 Å². The van der Waals surface area contributed by atoms with Crippen molar-refractivity contribution in [2.24, 2.45) is 0 Å². The lowest BCUT2D eigenvalue weighted by Gasteiger charge is -2.35. The van der Waals surface area contributed by atoms with Crippen LogP contribution in [0.25, 0.3) is 0 Å². The number of amides is 1. The zero-order chi connectivity index (χ0) is 16.7. The number of aryl methyl sites for hydroxylation is 1. The predicted molar refractivity (Wildman–Crippen MR) is 93.2 cm³/mol. The fraction of sp³-hybridized carbons (Fsp3) is 0.632. The van der Waals surface area contributed by atoms with Gasteiger partial charge < -0.3 is 10.1 Å². The van der Waals surface area contributed by atoms with Gasteiger partial charge in [-0.05, 0) is 70.3 Å². The summed E-state index contributed by atoms with van der Waals surface area (Å²) in [5.41, 5.74) is 3.34. The van der Waals surface area contributed by atoms with Crippen molar-refractivity contribution in [2.45, 2.75) is 58.0 Å². The van der Waals surface area contributed by atoms with Gasteiger partial charge in [-0.15, -0.1) is 0 Å². The summed E-state index contributed by atoms with van der Waals surface area (Å²) in [6, 6.07) is 6.55. The zero-order valence-electron chi connectivity index (χ0n) is 14.7. The van der Waals surface area contributed by atoms with Gasteiger partial charge in [-0.2, -0.15) is 0 Å². The highest BCUT2D eigenvalue weighted by atomic mass is 16.6. The minimum absolute atomic E-state index is 0.0860. The van der Waals surface area contributed by atoms with Crippen LogP contribution in [0.4, 0.5) is 10.5 Å². The number of ether oxygens (including phenoxy) is 1. The summed E-state index contributed by atoms with van der Waals surface area (Å²) in [5.74, 6) is 0. The zero-order valence-corrected chi connectivity index (χ0v) is 14.7. The van der Waals surface area contributed by atoms with Gasteiger partial charge in [-0.25, -0.2) is 4.79 Å². The highest BCUT2D eigenvalue weighted by Crippen LogP contribution is 2.46. The lowest BCUT2D eigenvalue weighted by atomic mass is 9.74. The summed E-state index contributed by atoms with van der Waals surface area (Å²) in [7, 11) is 0. The van der Waals surface area contributed by atoms with Crippen LogP contribution in [0.1, 0.15) is 51.7 Å². The van der Waals surface area contributed by atoms with Gasteiger partial charge in [0.2, 0.25) is 0 Å². The first-order valence-corrected chi connectivity index (χ1v) is 8.69. The maximum Gasteiger partial charge on any atom is 0.414 e. The Morgan fingerprint density at radius 1 is 1.30 bits per heavy atom. The molecule has 0 aliphatic carbocycles. The third kappa shape index (κ3) is 3.09. The van der Waals surface area contributed by atoms with Crippen molar-refractivity contribution in [1.29, 1.82) is 0 Å². The van der Waals surface area contributed by atoms with Crippen LogP contribution in [0.3, 0.4) is 0 Å². The van der Waals surface area contributed by atoms with E-state index in [1.165, 1.54) is 11.1 Å². The van der Waals surface area contributed by atoms with Gasteiger partial charge in [0.25, 0.3) is 0 Å². The van der Waals surface area contributed by atoms with Gasteiger partial charge in [0.15, 0.2) is 0 Å². The van der Waals surface area contributed by atoms with E-state index in [0.717, 1.165) is 44.6 Å². The van der Waals surface area contributed by atoms with Crippen LogP contribution in [0, 0.1) is 0 Å².